The Morgan fingerprint density at radius 3 is 1.48 bits per heavy atom. The van der Waals surface area contributed by atoms with E-state index in [9.17, 15) is 28.2 Å². The van der Waals surface area contributed by atoms with Gasteiger partial charge in [-0.25, -0.2) is 0 Å². The van der Waals surface area contributed by atoms with Crippen LogP contribution in [0.15, 0.2) is 0 Å². The molecule has 0 radical (unpaired) electrons. The third-order valence-electron chi connectivity index (χ3n) is 7.12. The van der Waals surface area contributed by atoms with Crippen molar-refractivity contribution in [2.45, 2.75) is 90.7 Å². The Balaban J connectivity index is 3.39. The first-order chi connectivity index (χ1) is 14.5. The molecule has 1 aliphatic rings. The Kier molecular flexibility index (Phi) is 10.9. The van der Waals surface area contributed by atoms with Gasteiger partial charge in [0.1, 0.15) is 0 Å². The number of hydrogen-bond acceptors (Lipinski definition) is 5. The molecular weight excluding hydrogens is 439 g/mol. The van der Waals surface area contributed by atoms with E-state index in [4.69, 9.17) is 3.97 Å². The number of hydrogen-bond donors (Lipinski definition) is 2. The Morgan fingerprint density at radius 1 is 0.806 bits per heavy atom. The maximum absolute atomic E-state index is 13.6. The molecule has 2 atom stereocenters. The van der Waals surface area contributed by atoms with E-state index in [-0.39, 0.29) is 19.3 Å². The van der Waals surface area contributed by atoms with E-state index in [1.165, 1.54) is 0 Å². The molecule has 31 heavy (non-hydrogen) atoms. The second-order valence-electron chi connectivity index (χ2n) is 9.37. The van der Waals surface area contributed by atoms with Gasteiger partial charge in [0.25, 0.3) is 0 Å². The summed E-state index contributed by atoms with van der Waals surface area (Å²) in [5.41, 5.74) is 0. The van der Waals surface area contributed by atoms with E-state index in [1.807, 2.05) is 6.92 Å². The van der Waals surface area contributed by atoms with Crippen LogP contribution in [0.3, 0.4) is 0 Å². The van der Waals surface area contributed by atoms with Gasteiger partial charge >= 0.3 is 188 Å². The van der Waals surface area contributed by atoms with Crippen molar-refractivity contribution in [2.75, 3.05) is 24.6 Å². The van der Waals surface area contributed by atoms with Crippen LogP contribution in [0.4, 0.5) is 0 Å². The molecule has 0 bridgehead atoms. The molecule has 0 aromatic carbocycles. The molecule has 2 N–H and O–H groups in total. The second-order valence-corrected chi connectivity index (χ2v) is 17.3. The Morgan fingerprint density at radius 2 is 1.19 bits per heavy atom. The zero-order valence-electron chi connectivity index (χ0n) is 19.7. The van der Waals surface area contributed by atoms with Crippen molar-refractivity contribution in [1.82, 2.24) is 0 Å². The summed E-state index contributed by atoms with van der Waals surface area (Å²) in [5.74, 6) is -4.23. The number of unbranched alkanes of at least 4 members (excludes halogenated alkanes) is 3. The molecule has 0 heterocycles. The van der Waals surface area contributed by atoms with Crippen molar-refractivity contribution in [3.8, 4) is 0 Å². The molecule has 0 amide bonds. The van der Waals surface area contributed by atoms with Crippen molar-refractivity contribution in [3.05, 3.63) is 0 Å². The second kappa shape index (κ2) is 11.9. The quantitative estimate of drug-likeness (QED) is 0.309. The van der Waals surface area contributed by atoms with Crippen LogP contribution in [0.2, 0.25) is 0 Å². The fraction of sp³-hybridized carbons (Fsp3) is 0.909. The normalized spacial score (nSPS) is 23.7. The van der Waals surface area contributed by atoms with Gasteiger partial charge < -0.3 is 0 Å². The molecule has 1 fully saturated rings. The summed E-state index contributed by atoms with van der Waals surface area (Å²) < 4.78 is 33.6. The summed E-state index contributed by atoms with van der Waals surface area (Å²) >= 11 is 0. The number of aliphatic carboxylic acids is 2. The summed E-state index contributed by atoms with van der Waals surface area (Å²) in [6.07, 6.45) is 8.32. The summed E-state index contributed by atoms with van der Waals surface area (Å²) in [7, 11) is -4.10. The summed E-state index contributed by atoms with van der Waals surface area (Å²) in [5, 5.41) is 17.9. The van der Waals surface area contributed by atoms with Crippen molar-refractivity contribution in [1.29, 1.82) is 0 Å². The molecule has 7 nitrogen and oxygen atoms in total. The zero-order valence-corrected chi connectivity index (χ0v) is 21.4. The molecule has 184 valence electrons. The van der Waals surface area contributed by atoms with Crippen LogP contribution in [0.1, 0.15) is 85.5 Å². The average molecular weight is 483 g/mol. The van der Waals surface area contributed by atoms with Crippen LogP contribution < -0.4 is 0 Å². The molecule has 0 aromatic heterocycles. The Labute approximate surface area is 188 Å². The van der Waals surface area contributed by atoms with Gasteiger partial charge in [-0.3, -0.25) is 0 Å². The van der Waals surface area contributed by atoms with Crippen LogP contribution in [-0.2, 0) is 23.7 Å². The van der Waals surface area contributed by atoms with Gasteiger partial charge in [0, 0.05) is 0 Å². The van der Waals surface area contributed by atoms with E-state index in [1.54, 1.807) is 0 Å². The standard InChI is InChI=1S/C22H43O7PS/c1-5-9-12-30(8-4,13-10-6-2,14-11-7-3)29-31(27,28)20-16-18(21(23)24)15-19(17-20)22(25)26/h18-20H,5-17H2,1-4H3,(H,23,24)(H,25,26). The zero-order chi connectivity index (χ0) is 23.7. The predicted octanol–water partition coefficient (Wildman–Crippen LogP) is 5.18. The molecule has 9 heteroatoms. The van der Waals surface area contributed by atoms with E-state index < -0.39 is 46.0 Å². The van der Waals surface area contributed by atoms with Crippen LogP contribution >= 0.6 is 6.83 Å². The van der Waals surface area contributed by atoms with Gasteiger partial charge in [-0.05, 0) is 0 Å². The van der Waals surface area contributed by atoms with Gasteiger partial charge in [0.15, 0.2) is 0 Å². The molecular formula is C22H43O7PS. The summed E-state index contributed by atoms with van der Waals surface area (Å²) in [6, 6.07) is 0. The van der Waals surface area contributed by atoms with Gasteiger partial charge in [-0.15, -0.1) is 0 Å². The number of carbonyl (C=O) groups is 2. The third kappa shape index (κ3) is 7.40. The molecule has 2 unspecified atom stereocenters. The van der Waals surface area contributed by atoms with Crippen LogP contribution in [-0.4, -0.2) is 60.5 Å². The molecule has 0 aromatic rings. The molecule has 1 saturated carbocycles. The van der Waals surface area contributed by atoms with Gasteiger partial charge in [0.2, 0.25) is 0 Å². The number of rotatable bonds is 15. The minimum atomic E-state index is -4.10. The topological polar surface area (TPSA) is 118 Å². The van der Waals surface area contributed by atoms with Gasteiger partial charge in [-0.1, -0.05) is 0 Å². The first-order valence-corrected chi connectivity index (χ1v) is 16.3. The SMILES string of the molecule is CCCCP(CC)(CCCC)(CCCC)OS(=O)(=O)C1CC(C(=O)O)CC(C(=O)O)C1. The average Bonchev–Trinajstić information content (AvgIpc) is 2.74. The van der Waals surface area contributed by atoms with Crippen LogP contribution in [0.5, 0.6) is 0 Å². The van der Waals surface area contributed by atoms with Gasteiger partial charge in [0.05, 0.1) is 0 Å². The molecule has 1 rings (SSSR count). The van der Waals surface area contributed by atoms with Crippen LogP contribution in [0, 0.1) is 11.8 Å². The van der Waals surface area contributed by atoms with Crippen molar-refractivity contribution in [2.24, 2.45) is 11.8 Å². The van der Waals surface area contributed by atoms with Crippen LogP contribution in [0.25, 0.3) is 0 Å². The monoisotopic (exact) mass is 482 g/mol. The third-order valence-corrected chi connectivity index (χ3v) is 16.8. The van der Waals surface area contributed by atoms with E-state index in [0.29, 0.717) is 6.16 Å². The van der Waals surface area contributed by atoms with Crippen molar-refractivity contribution < 1.29 is 32.2 Å². The van der Waals surface area contributed by atoms with Crippen molar-refractivity contribution in [3.63, 3.8) is 0 Å². The Hall–Kier alpha value is -0.720. The first kappa shape index (κ1) is 28.3. The van der Waals surface area contributed by atoms with Gasteiger partial charge in [-0.2, -0.15) is 0 Å². The molecule has 1 aliphatic carbocycles. The fourth-order valence-electron chi connectivity index (χ4n) is 4.91. The number of carboxylic acids is 2. The first-order valence-electron chi connectivity index (χ1n) is 11.9. The number of carboxylic acid groups (broad SMARTS) is 2. The predicted molar refractivity (Wildman–Crippen MR) is 127 cm³/mol. The van der Waals surface area contributed by atoms with E-state index in [0.717, 1.165) is 57.0 Å². The summed E-state index contributed by atoms with van der Waals surface area (Å²) in [4.78, 5) is 23.2. The maximum atomic E-state index is 13.6. The minimum absolute atomic E-state index is 0.0322. The van der Waals surface area contributed by atoms with Crippen molar-refractivity contribution >= 4 is 28.9 Å². The molecule has 0 saturated heterocycles. The van der Waals surface area contributed by atoms with E-state index in [2.05, 4.69) is 20.8 Å². The Bertz CT molecular complexity index is 660. The fourth-order valence-corrected chi connectivity index (χ4v) is 15.0. The van der Waals surface area contributed by atoms with E-state index >= 15 is 0 Å². The summed E-state index contributed by atoms with van der Waals surface area (Å²) in [6.45, 7) is 5.22. The molecule has 0 spiro atoms. The molecule has 0 aliphatic heterocycles.